The van der Waals surface area contributed by atoms with Crippen LogP contribution in [0.1, 0.15) is 77.9 Å². The van der Waals surface area contributed by atoms with Crippen molar-refractivity contribution < 1.29 is 4.42 Å². The summed E-state index contributed by atoms with van der Waals surface area (Å²) in [4.78, 5) is 0. The van der Waals surface area contributed by atoms with Crippen molar-refractivity contribution in [1.29, 1.82) is 0 Å². The van der Waals surface area contributed by atoms with Crippen molar-refractivity contribution in [3.63, 3.8) is 0 Å². The standard InChI is InChI=1S/C27H44OS/c1-16-17(2)19(4)27(18(16)3)29(5,6)25-13-12-22-23(25)15-20-9-7-10-21(20)26(22)24-11-8-14-28-24/h8,11,14,16-23,25-27H,7,9-10,12-13,15H2,1-6H3. The van der Waals surface area contributed by atoms with E-state index >= 15 is 0 Å². The van der Waals surface area contributed by atoms with Crippen LogP contribution >= 0.6 is 10.0 Å². The zero-order valence-electron chi connectivity index (χ0n) is 19.6. The van der Waals surface area contributed by atoms with Gasteiger partial charge in [0.25, 0.3) is 0 Å². The molecule has 0 saturated heterocycles. The number of hydrogen-bond acceptors (Lipinski definition) is 1. The number of rotatable bonds is 3. The molecule has 0 spiro atoms. The van der Waals surface area contributed by atoms with Gasteiger partial charge in [-0.05, 0) is 108 Å². The van der Waals surface area contributed by atoms with Gasteiger partial charge in [-0.25, -0.2) is 10.0 Å². The number of furan rings is 1. The average Bonchev–Trinajstić information content (AvgIpc) is 3.45. The Morgan fingerprint density at radius 3 is 2.21 bits per heavy atom. The third-order valence-corrected chi connectivity index (χ3v) is 15.3. The van der Waals surface area contributed by atoms with Crippen LogP contribution in [0.4, 0.5) is 0 Å². The fourth-order valence-electron chi connectivity index (χ4n) is 9.33. The summed E-state index contributed by atoms with van der Waals surface area (Å²) in [6.45, 7) is 10.3. The highest BCUT2D eigenvalue weighted by molar-refractivity contribution is 8.33. The Morgan fingerprint density at radius 2 is 1.55 bits per heavy atom. The molecule has 1 aromatic rings. The van der Waals surface area contributed by atoms with Gasteiger partial charge in [0, 0.05) is 5.92 Å². The number of fused-ring (bicyclic) bond motifs is 2. The monoisotopic (exact) mass is 416 g/mol. The van der Waals surface area contributed by atoms with Gasteiger partial charge >= 0.3 is 0 Å². The predicted octanol–water partition coefficient (Wildman–Crippen LogP) is 7.57. The average molecular weight is 417 g/mol. The summed E-state index contributed by atoms with van der Waals surface area (Å²) >= 11 is 0. The van der Waals surface area contributed by atoms with Crippen molar-refractivity contribution in [2.24, 2.45) is 47.3 Å². The highest BCUT2D eigenvalue weighted by Crippen LogP contribution is 2.70. The fraction of sp³-hybridized carbons (Fsp3) is 0.852. The van der Waals surface area contributed by atoms with Gasteiger partial charge in [0.2, 0.25) is 0 Å². The van der Waals surface area contributed by atoms with Gasteiger partial charge in [0.1, 0.15) is 5.76 Å². The molecule has 1 nitrogen and oxygen atoms in total. The van der Waals surface area contributed by atoms with E-state index in [2.05, 4.69) is 52.3 Å². The highest BCUT2D eigenvalue weighted by atomic mass is 32.3. The molecular formula is C27H44OS. The first-order valence-electron chi connectivity index (χ1n) is 12.6. The van der Waals surface area contributed by atoms with Gasteiger partial charge in [0.15, 0.2) is 0 Å². The Labute approximate surface area is 181 Å². The molecule has 2 heteroatoms. The third kappa shape index (κ3) is 3.01. The summed E-state index contributed by atoms with van der Waals surface area (Å²) in [6, 6.07) is 4.44. The molecule has 0 radical (unpaired) electrons. The Kier molecular flexibility index (Phi) is 5.20. The maximum atomic E-state index is 6.08. The Balaban J connectivity index is 1.46. The zero-order valence-corrected chi connectivity index (χ0v) is 20.5. The van der Waals surface area contributed by atoms with E-state index in [1.807, 2.05) is 6.26 Å². The van der Waals surface area contributed by atoms with E-state index in [4.69, 9.17) is 4.42 Å². The van der Waals surface area contributed by atoms with Crippen LogP contribution in [-0.2, 0) is 0 Å². The molecular weight excluding hydrogens is 372 g/mol. The smallest absolute Gasteiger partial charge is 0.107 e. The van der Waals surface area contributed by atoms with Crippen LogP contribution < -0.4 is 0 Å². The van der Waals surface area contributed by atoms with Gasteiger partial charge < -0.3 is 4.42 Å². The van der Waals surface area contributed by atoms with Gasteiger partial charge in [-0.1, -0.05) is 40.5 Å². The summed E-state index contributed by atoms with van der Waals surface area (Å²) in [6.07, 6.45) is 16.3. The van der Waals surface area contributed by atoms with Crippen molar-refractivity contribution in [3.05, 3.63) is 24.2 Å². The van der Waals surface area contributed by atoms with E-state index < -0.39 is 10.0 Å². The van der Waals surface area contributed by atoms with E-state index in [1.54, 1.807) is 0 Å². The molecule has 4 aliphatic carbocycles. The van der Waals surface area contributed by atoms with Gasteiger partial charge in [-0.15, -0.1) is 0 Å². The van der Waals surface area contributed by atoms with E-state index in [9.17, 15) is 0 Å². The Bertz CT molecular complexity index is 694. The van der Waals surface area contributed by atoms with Gasteiger partial charge in [-0.2, -0.15) is 0 Å². The molecule has 4 saturated carbocycles. The molecule has 0 aliphatic heterocycles. The predicted molar refractivity (Wildman–Crippen MR) is 127 cm³/mol. The summed E-state index contributed by atoms with van der Waals surface area (Å²) in [7, 11) is -0.625. The SMILES string of the molecule is CC1C(C)C(C)C(S(C)(C)C2CCC3C2CC2CCCC2C3c2ccco2)C1C. The minimum atomic E-state index is -0.625. The minimum absolute atomic E-state index is 0.625. The van der Waals surface area contributed by atoms with Crippen molar-refractivity contribution in [1.82, 2.24) is 0 Å². The molecule has 1 heterocycles. The van der Waals surface area contributed by atoms with Crippen LogP contribution in [0.5, 0.6) is 0 Å². The van der Waals surface area contributed by atoms with Crippen molar-refractivity contribution in [2.45, 2.75) is 82.6 Å². The van der Waals surface area contributed by atoms with Crippen LogP contribution in [0.3, 0.4) is 0 Å². The quantitative estimate of drug-likeness (QED) is 0.495. The largest absolute Gasteiger partial charge is 0.469 e. The lowest BCUT2D eigenvalue weighted by Crippen LogP contribution is -2.41. The van der Waals surface area contributed by atoms with Crippen molar-refractivity contribution in [3.8, 4) is 0 Å². The van der Waals surface area contributed by atoms with Crippen LogP contribution in [-0.4, -0.2) is 23.0 Å². The van der Waals surface area contributed by atoms with Crippen molar-refractivity contribution in [2.75, 3.05) is 12.5 Å². The first-order valence-corrected chi connectivity index (χ1v) is 15.1. The third-order valence-electron chi connectivity index (χ3n) is 10.9. The topological polar surface area (TPSA) is 13.1 Å². The summed E-state index contributed by atoms with van der Waals surface area (Å²) < 4.78 is 6.08. The normalized spacial score (nSPS) is 50.5. The lowest BCUT2D eigenvalue weighted by atomic mass is 9.63. The van der Waals surface area contributed by atoms with Crippen LogP contribution in [0, 0.1) is 47.3 Å². The molecule has 1 aromatic heterocycles. The molecule has 10 atom stereocenters. The molecule has 5 rings (SSSR count). The van der Waals surface area contributed by atoms with E-state index in [1.165, 1.54) is 44.3 Å². The fourth-order valence-corrected chi connectivity index (χ4v) is 14.4. The summed E-state index contributed by atoms with van der Waals surface area (Å²) in [5, 5.41) is 1.94. The highest BCUT2D eigenvalue weighted by Gasteiger charge is 2.57. The van der Waals surface area contributed by atoms with E-state index in [-0.39, 0.29) is 0 Å². The summed E-state index contributed by atoms with van der Waals surface area (Å²) in [5.41, 5.74) is 0. The second-order valence-corrected chi connectivity index (χ2v) is 16.1. The molecule has 10 unspecified atom stereocenters. The maximum absolute atomic E-state index is 6.08. The zero-order chi connectivity index (χ0) is 20.5. The molecule has 0 aromatic carbocycles. The first kappa shape index (κ1) is 20.5. The second kappa shape index (κ2) is 7.35. The van der Waals surface area contributed by atoms with Crippen LogP contribution in [0.25, 0.3) is 0 Å². The molecule has 164 valence electrons. The molecule has 4 aliphatic rings. The van der Waals surface area contributed by atoms with E-state index in [0.717, 1.165) is 57.8 Å². The molecule has 0 N–H and O–H groups in total. The van der Waals surface area contributed by atoms with Gasteiger partial charge in [-0.3, -0.25) is 0 Å². The van der Waals surface area contributed by atoms with Crippen molar-refractivity contribution >= 4 is 10.0 Å². The number of hydrogen-bond donors (Lipinski definition) is 0. The molecule has 4 fully saturated rings. The molecule has 0 bridgehead atoms. The lowest BCUT2D eigenvalue weighted by molar-refractivity contribution is 0.109. The second-order valence-electron chi connectivity index (χ2n) is 12.0. The summed E-state index contributed by atoms with van der Waals surface area (Å²) in [5.74, 6) is 9.34. The Hall–Kier alpha value is -0.370. The maximum Gasteiger partial charge on any atom is 0.107 e. The lowest BCUT2D eigenvalue weighted by Gasteiger charge is -2.53. The van der Waals surface area contributed by atoms with E-state index in [0.29, 0.717) is 5.92 Å². The molecule has 0 amide bonds. The minimum Gasteiger partial charge on any atom is -0.469 e. The Morgan fingerprint density at radius 1 is 0.828 bits per heavy atom. The molecule has 29 heavy (non-hydrogen) atoms. The van der Waals surface area contributed by atoms with Gasteiger partial charge in [0.05, 0.1) is 6.26 Å². The first-order chi connectivity index (χ1) is 13.8. The van der Waals surface area contributed by atoms with Crippen LogP contribution in [0.2, 0.25) is 0 Å². The van der Waals surface area contributed by atoms with Crippen LogP contribution in [0.15, 0.2) is 22.8 Å².